The van der Waals surface area contributed by atoms with Gasteiger partial charge in [-0.15, -0.1) is 0 Å². The Morgan fingerprint density at radius 3 is 3.06 bits per heavy atom. The largest absolute Gasteiger partial charge is 0.492 e. The summed E-state index contributed by atoms with van der Waals surface area (Å²) in [5, 5.41) is 3.39. The first-order valence-electron chi connectivity index (χ1n) is 6.93. The molecule has 0 radical (unpaired) electrons. The van der Waals surface area contributed by atoms with Gasteiger partial charge in [0.25, 0.3) is 0 Å². The van der Waals surface area contributed by atoms with Crippen LogP contribution >= 0.6 is 0 Å². The minimum absolute atomic E-state index is 0.410. The predicted molar refractivity (Wildman–Crippen MR) is 73.2 cm³/mol. The molecule has 3 heteroatoms. The maximum Gasteiger partial charge on any atom is 0.122 e. The first-order chi connectivity index (χ1) is 8.90. The van der Waals surface area contributed by atoms with Crippen molar-refractivity contribution in [1.82, 2.24) is 5.32 Å². The molecular weight excluding hydrogens is 226 g/mol. The Hall–Kier alpha value is -1.06. The lowest BCUT2D eigenvalue weighted by Crippen LogP contribution is -2.29. The van der Waals surface area contributed by atoms with Crippen LogP contribution in [0.25, 0.3) is 0 Å². The van der Waals surface area contributed by atoms with E-state index in [-0.39, 0.29) is 0 Å². The number of hydrogen-bond acceptors (Lipinski definition) is 3. The van der Waals surface area contributed by atoms with Gasteiger partial charge in [0.1, 0.15) is 12.4 Å². The zero-order valence-electron chi connectivity index (χ0n) is 11.2. The molecule has 100 valence electrons. The lowest BCUT2D eigenvalue weighted by atomic mass is 10.1. The van der Waals surface area contributed by atoms with E-state index in [1.807, 2.05) is 12.1 Å². The predicted octanol–water partition coefficient (Wildman–Crippen LogP) is 2.40. The molecule has 3 nitrogen and oxygen atoms in total. The van der Waals surface area contributed by atoms with Crippen molar-refractivity contribution >= 4 is 0 Å². The molecule has 0 bridgehead atoms. The zero-order chi connectivity index (χ0) is 12.6. The molecule has 18 heavy (non-hydrogen) atoms. The Kier molecular flexibility index (Phi) is 5.49. The molecule has 1 fully saturated rings. The number of rotatable bonds is 7. The maximum atomic E-state index is 5.79. The number of aryl methyl sites for hydroxylation is 1. The van der Waals surface area contributed by atoms with Crippen molar-refractivity contribution in [2.75, 3.05) is 26.3 Å². The van der Waals surface area contributed by atoms with E-state index in [0.29, 0.717) is 12.7 Å². The molecule has 0 amide bonds. The Labute approximate surface area is 109 Å². The van der Waals surface area contributed by atoms with Crippen LogP contribution in [-0.2, 0) is 11.2 Å². The van der Waals surface area contributed by atoms with E-state index < -0.39 is 0 Å². The Bertz CT molecular complexity index is 348. The molecule has 1 aromatic rings. The van der Waals surface area contributed by atoms with E-state index in [0.717, 1.165) is 31.9 Å². The van der Waals surface area contributed by atoms with Crippen molar-refractivity contribution in [3.63, 3.8) is 0 Å². The van der Waals surface area contributed by atoms with Gasteiger partial charge in [0.15, 0.2) is 0 Å². The van der Waals surface area contributed by atoms with Gasteiger partial charge in [-0.2, -0.15) is 0 Å². The van der Waals surface area contributed by atoms with Gasteiger partial charge in [-0.1, -0.05) is 25.1 Å². The second-order valence-corrected chi connectivity index (χ2v) is 4.65. The summed E-state index contributed by atoms with van der Waals surface area (Å²) in [6.07, 6.45) is 3.81. The van der Waals surface area contributed by atoms with E-state index in [9.17, 15) is 0 Å². The summed E-state index contributed by atoms with van der Waals surface area (Å²) in [5.74, 6) is 1.01. The van der Waals surface area contributed by atoms with Crippen LogP contribution in [0.2, 0.25) is 0 Å². The molecule has 0 spiro atoms. The lowest BCUT2D eigenvalue weighted by molar-refractivity contribution is 0.109. The van der Waals surface area contributed by atoms with Crippen molar-refractivity contribution in [3.8, 4) is 5.75 Å². The highest BCUT2D eigenvalue weighted by atomic mass is 16.5. The lowest BCUT2D eigenvalue weighted by Gasteiger charge is -2.12. The summed E-state index contributed by atoms with van der Waals surface area (Å²) < 4.78 is 11.3. The number of nitrogens with one attached hydrogen (secondary N) is 1. The fraction of sp³-hybridized carbons (Fsp3) is 0.600. The van der Waals surface area contributed by atoms with Crippen molar-refractivity contribution in [2.24, 2.45) is 0 Å². The molecule has 0 aromatic heterocycles. The first kappa shape index (κ1) is 13.4. The van der Waals surface area contributed by atoms with Crippen molar-refractivity contribution in [1.29, 1.82) is 0 Å². The second-order valence-electron chi connectivity index (χ2n) is 4.65. The van der Waals surface area contributed by atoms with E-state index in [2.05, 4.69) is 24.4 Å². The van der Waals surface area contributed by atoms with Crippen LogP contribution in [0.5, 0.6) is 5.75 Å². The van der Waals surface area contributed by atoms with Gasteiger partial charge in [0, 0.05) is 19.7 Å². The summed E-state index contributed by atoms with van der Waals surface area (Å²) in [5.41, 5.74) is 1.27. The summed E-state index contributed by atoms with van der Waals surface area (Å²) >= 11 is 0. The highest BCUT2D eigenvalue weighted by Gasteiger charge is 2.14. The number of hydrogen-bond donors (Lipinski definition) is 1. The molecular formula is C15H23NO2. The quantitative estimate of drug-likeness (QED) is 0.753. The third-order valence-corrected chi connectivity index (χ3v) is 3.29. The van der Waals surface area contributed by atoms with Crippen molar-refractivity contribution < 1.29 is 9.47 Å². The van der Waals surface area contributed by atoms with Crippen LogP contribution in [-0.4, -0.2) is 32.4 Å². The third-order valence-electron chi connectivity index (χ3n) is 3.29. The van der Waals surface area contributed by atoms with Crippen LogP contribution in [0.15, 0.2) is 24.3 Å². The van der Waals surface area contributed by atoms with Gasteiger partial charge >= 0.3 is 0 Å². The molecule has 0 unspecified atom stereocenters. The fourth-order valence-electron chi connectivity index (χ4n) is 2.24. The molecule has 0 aliphatic carbocycles. The standard InChI is InChI=1S/C15H23NO2/c1-2-13-6-3-4-8-15(13)18-11-9-16-12-14-7-5-10-17-14/h3-4,6,8,14,16H,2,5,7,9-12H2,1H3/t14-/m0/s1. The van der Waals surface area contributed by atoms with Gasteiger partial charge in [0.05, 0.1) is 6.10 Å². The molecule has 1 heterocycles. The van der Waals surface area contributed by atoms with Gasteiger partial charge in [-0.25, -0.2) is 0 Å². The van der Waals surface area contributed by atoms with E-state index >= 15 is 0 Å². The summed E-state index contributed by atoms with van der Waals surface area (Å²) in [7, 11) is 0. The molecule has 2 rings (SSSR count). The second kappa shape index (κ2) is 7.39. The van der Waals surface area contributed by atoms with Crippen LogP contribution in [0.4, 0.5) is 0 Å². The number of ether oxygens (including phenoxy) is 2. The SMILES string of the molecule is CCc1ccccc1OCCNC[C@@H]1CCCO1. The molecule has 1 atom stereocenters. The number of benzene rings is 1. The molecule has 1 saturated heterocycles. The molecule has 1 N–H and O–H groups in total. The number of para-hydroxylation sites is 1. The molecule has 1 aliphatic rings. The minimum Gasteiger partial charge on any atom is -0.492 e. The highest BCUT2D eigenvalue weighted by molar-refractivity contribution is 5.33. The summed E-state index contributed by atoms with van der Waals surface area (Å²) in [4.78, 5) is 0. The van der Waals surface area contributed by atoms with Crippen LogP contribution < -0.4 is 10.1 Å². The normalized spacial score (nSPS) is 19.1. The summed E-state index contributed by atoms with van der Waals surface area (Å²) in [6.45, 7) is 5.60. The van der Waals surface area contributed by atoms with Crippen LogP contribution in [0, 0.1) is 0 Å². The van der Waals surface area contributed by atoms with Crippen LogP contribution in [0.1, 0.15) is 25.3 Å². The topological polar surface area (TPSA) is 30.5 Å². The maximum absolute atomic E-state index is 5.79. The van der Waals surface area contributed by atoms with E-state index in [1.165, 1.54) is 18.4 Å². The average Bonchev–Trinajstić information content (AvgIpc) is 2.92. The Morgan fingerprint density at radius 1 is 1.39 bits per heavy atom. The molecule has 1 aliphatic heterocycles. The Balaban J connectivity index is 1.62. The van der Waals surface area contributed by atoms with E-state index in [4.69, 9.17) is 9.47 Å². The van der Waals surface area contributed by atoms with Gasteiger partial charge in [0.2, 0.25) is 0 Å². The monoisotopic (exact) mass is 249 g/mol. The zero-order valence-corrected chi connectivity index (χ0v) is 11.2. The summed E-state index contributed by atoms with van der Waals surface area (Å²) in [6, 6.07) is 8.24. The van der Waals surface area contributed by atoms with E-state index in [1.54, 1.807) is 0 Å². The highest BCUT2D eigenvalue weighted by Crippen LogP contribution is 2.17. The first-order valence-corrected chi connectivity index (χ1v) is 6.93. The van der Waals surface area contributed by atoms with Gasteiger partial charge < -0.3 is 14.8 Å². The Morgan fingerprint density at radius 2 is 2.28 bits per heavy atom. The van der Waals surface area contributed by atoms with Crippen LogP contribution in [0.3, 0.4) is 0 Å². The van der Waals surface area contributed by atoms with Gasteiger partial charge in [-0.3, -0.25) is 0 Å². The van der Waals surface area contributed by atoms with Crippen molar-refractivity contribution in [3.05, 3.63) is 29.8 Å². The van der Waals surface area contributed by atoms with Gasteiger partial charge in [-0.05, 0) is 30.9 Å². The third kappa shape index (κ3) is 4.00. The fourth-order valence-corrected chi connectivity index (χ4v) is 2.24. The molecule has 0 saturated carbocycles. The molecule has 1 aromatic carbocycles. The van der Waals surface area contributed by atoms with Crippen molar-refractivity contribution in [2.45, 2.75) is 32.3 Å². The smallest absolute Gasteiger partial charge is 0.122 e. The minimum atomic E-state index is 0.410. The average molecular weight is 249 g/mol.